The van der Waals surface area contributed by atoms with Gasteiger partial charge in [0, 0.05) is 18.7 Å². The molecule has 0 aromatic heterocycles. The van der Waals surface area contributed by atoms with Crippen LogP contribution >= 0.6 is 0 Å². The Morgan fingerprint density at radius 1 is 1.27 bits per heavy atom. The van der Waals surface area contributed by atoms with Gasteiger partial charge in [0.05, 0.1) is 12.2 Å². The minimum absolute atomic E-state index is 0.0275. The molecule has 0 spiro atoms. The second kappa shape index (κ2) is 6.92. The van der Waals surface area contributed by atoms with E-state index in [-0.39, 0.29) is 23.9 Å². The van der Waals surface area contributed by atoms with Gasteiger partial charge in [0.1, 0.15) is 5.75 Å². The van der Waals surface area contributed by atoms with E-state index in [9.17, 15) is 9.59 Å². The van der Waals surface area contributed by atoms with Gasteiger partial charge in [-0.05, 0) is 39.8 Å². The molecule has 1 aliphatic rings. The molecule has 3 unspecified atom stereocenters. The van der Waals surface area contributed by atoms with Crippen LogP contribution in [0.4, 0.5) is 0 Å². The van der Waals surface area contributed by atoms with Gasteiger partial charge in [0.25, 0.3) is 5.91 Å². The predicted octanol–water partition coefficient (Wildman–Crippen LogP) is 2.29. The highest BCUT2D eigenvalue weighted by Gasteiger charge is 2.29. The molecule has 1 aromatic carbocycles. The second-order valence-electron chi connectivity index (χ2n) is 5.84. The highest BCUT2D eigenvalue weighted by atomic mass is 16.5. The highest BCUT2D eigenvalue weighted by Crippen LogP contribution is 2.18. The van der Waals surface area contributed by atoms with E-state index in [1.54, 1.807) is 36.1 Å². The van der Waals surface area contributed by atoms with Crippen LogP contribution in [-0.4, -0.2) is 48.0 Å². The van der Waals surface area contributed by atoms with Crippen LogP contribution in [0.5, 0.6) is 5.75 Å². The topological polar surface area (TPSA) is 55.8 Å². The SMILES string of the molecule is CC(=O)c1cccc(OC(C)C(=O)N2CC(C)OC(C)C2)c1. The third-order valence-corrected chi connectivity index (χ3v) is 3.63. The largest absolute Gasteiger partial charge is 0.481 e. The van der Waals surface area contributed by atoms with E-state index in [0.717, 1.165) is 0 Å². The first-order valence-corrected chi connectivity index (χ1v) is 7.58. The Labute approximate surface area is 131 Å². The summed E-state index contributed by atoms with van der Waals surface area (Å²) in [5.74, 6) is 0.443. The van der Waals surface area contributed by atoms with E-state index in [1.165, 1.54) is 6.92 Å². The molecule has 120 valence electrons. The molecule has 5 heteroatoms. The number of amides is 1. The first kappa shape index (κ1) is 16.5. The average Bonchev–Trinajstić information content (AvgIpc) is 2.45. The van der Waals surface area contributed by atoms with Crippen LogP contribution in [0.3, 0.4) is 0 Å². The van der Waals surface area contributed by atoms with Gasteiger partial charge >= 0.3 is 0 Å². The van der Waals surface area contributed by atoms with Crippen molar-refractivity contribution in [3.8, 4) is 5.75 Å². The maximum absolute atomic E-state index is 12.5. The van der Waals surface area contributed by atoms with Crippen LogP contribution in [-0.2, 0) is 9.53 Å². The molecule has 0 N–H and O–H groups in total. The van der Waals surface area contributed by atoms with Crippen molar-refractivity contribution in [3.63, 3.8) is 0 Å². The van der Waals surface area contributed by atoms with E-state index >= 15 is 0 Å². The summed E-state index contributed by atoms with van der Waals surface area (Å²) in [5, 5.41) is 0. The van der Waals surface area contributed by atoms with E-state index in [2.05, 4.69) is 0 Å². The number of Topliss-reactive ketones (excluding diaryl/α,β-unsaturated/α-hetero) is 1. The lowest BCUT2D eigenvalue weighted by molar-refractivity contribution is -0.149. The number of carbonyl (C=O) groups is 2. The Hall–Kier alpha value is -1.88. The number of rotatable bonds is 4. The Balaban J connectivity index is 2.02. The molecule has 1 saturated heterocycles. The summed E-state index contributed by atoms with van der Waals surface area (Å²) < 4.78 is 11.3. The fourth-order valence-electron chi connectivity index (χ4n) is 2.66. The van der Waals surface area contributed by atoms with Gasteiger partial charge in [-0.15, -0.1) is 0 Å². The van der Waals surface area contributed by atoms with E-state index in [4.69, 9.17) is 9.47 Å². The minimum Gasteiger partial charge on any atom is -0.481 e. The molecular weight excluding hydrogens is 282 g/mol. The third-order valence-electron chi connectivity index (χ3n) is 3.63. The van der Waals surface area contributed by atoms with Gasteiger partial charge in [0.15, 0.2) is 11.9 Å². The van der Waals surface area contributed by atoms with Crippen LogP contribution in [0.15, 0.2) is 24.3 Å². The Morgan fingerprint density at radius 3 is 2.50 bits per heavy atom. The smallest absolute Gasteiger partial charge is 0.263 e. The lowest BCUT2D eigenvalue weighted by Gasteiger charge is -2.36. The van der Waals surface area contributed by atoms with Crippen molar-refractivity contribution in [2.24, 2.45) is 0 Å². The fourth-order valence-corrected chi connectivity index (χ4v) is 2.66. The number of morpholine rings is 1. The van der Waals surface area contributed by atoms with Crippen molar-refractivity contribution < 1.29 is 19.1 Å². The lowest BCUT2D eigenvalue weighted by atomic mass is 10.1. The summed E-state index contributed by atoms with van der Waals surface area (Å²) in [4.78, 5) is 25.7. The van der Waals surface area contributed by atoms with Gasteiger partial charge in [-0.3, -0.25) is 9.59 Å². The summed E-state index contributed by atoms with van der Waals surface area (Å²) in [5.41, 5.74) is 0.575. The lowest BCUT2D eigenvalue weighted by Crippen LogP contribution is -2.51. The standard InChI is InChI=1S/C17H23NO4/c1-11-9-18(10-12(2)21-11)17(20)14(4)22-16-7-5-6-15(8-16)13(3)19/h5-8,11-12,14H,9-10H2,1-4H3. The molecule has 5 nitrogen and oxygen atoms in total. The number of carbonyl (C=O) groups excluding carboxylic acids is 2. The molecule has 1 aliphatic heterocycles. The van der Waals surface area contributed by atoms with E-state index < -0.39 is 6.10 Å². The van der Waals surface area contributed by atoms with Crippen LogP contribution in [0.2, 0.25) is 0 Å². The molecule has 0 radical (unpaired) electrons. The third kappa shape index (κ3) is 4.07. The second-order valence-corrected chi connectivity index (χ2v) is 5.84. The van der Waals surface area contributed by atoms with Gasteiger partial charge in [-0.25, -0.2) is 0 Å². The molecule has 0 saturated carbocycles. The van der Waals surface area contributed by atoms with Crippen molar-refractivity contribution in [3.05, 3.63) is 29.8 Å². The summed E-state index contributed by atoms with van der Waals surface area (Å²) in [7, 11) is 0. The number of hydrogen-bond donors (Lipinski definition) is 0. The first-order chi connectivity index (χ1) is 10.4. The van der Waals surface area contributed by atoms with Crippen LogP contribution in [0.25, 0.3) is 0 Å². The molecule has 1 fully saturated rings. The molecule has 1 heterocycles. The Kier molecular flexibility index (Phi) is 5.19. The number of ketones is 1. The van der Waals surface area contributed by atoms with Gasteiger partial charge < -0.3 is 14.4 Å². The van der Waals surface area contributed by atoms with Crippen LogP contribution in [0, 0.1) is 0 Å². The number of ether oxygens (including phenoxy) is 2. The minimum atomic E-state index is -0.597. The fraction of sp³-hybridized carbons (Fsp3) is 0.529. The molecule has 0 aliphatic carbocycles. The van der Waals surface area contributed by atoms with Gasteiger partial charge in [0.2, 0.25) is 0 Å². The zero-order chi connectivity index (χ0) is 16.3. The first-order valence-electron chi connectivity index (χ1n) is 7.58. The molecule has 1 aromatic rings. The zero-order valence-electron chi connectivity index (χ0n) is 13.5. The molecule has 3 atom stereocenters. The molecule has 0 bridgehead atoms. The van der Waals surface area contributed by atoms with Crippen molar-refractivity contribution in [1.82, 2.24) is 4.90 Å². The summed E-state index contributed by atoms with van der Waals surface area (Å²) in [6, 6.07) is 6.90. The normalized spacial score (nSPS) is 23.0. The predicted molar refractivity (Wildman–Crippen MR) is 83.1 cm³/mol. The monoisotopic (exact) mass is 305 g/mol. The van der Waals surface area contributed by atoms with Gasteiger partial charge in [-0.2, -0.15) is 0 Å². The number of nitrogens with zero attached hydrogens (tertiary/aromatic N) is 1. The highest BCUT2D eigenvalue weighted by molar-refractivity contribution is 5.94. The van der Waals surface area contributed by atoms with Crippen LogP contribution in [0.1, 0.15) is 38.1 Å². The van der Waals surface area contributed by atoms with E-state index in [1.807, 2.05) is 13.8 Å². The molecule has 22 heavy (non-hydrogen) atoms. The summed E-state index contributed by atoms with van der Waals surface area (Å²) >= 11 is 0. The molecule has 1 amide bonds. The van der Waals surface area contributed by atoms with Crippen molar-refractivity contribution in [2.75, 3.05) is 13.1 Å². The average molecular weight is 305 g/mol. The maximum Gasteiger partial charge on any atom is 0.263 e. The van der Waals surface area contributed by atoms with Crippen LogP contribution < -0.4 is 4.74 Å². The van der Waals surface area contributed by atoms with Crippen molar-refractivity contribution in [2.45, 2.75) is 46.0 Å². The molecule has 2 rings (SSSR count). The van der Waals surface area contributed by atoms with Crippen molar-refractivity contribution in [1.29, 1.82) is 0 Å². The maximum atomic E-state index is 12.5. The molecular formula is C17H23NO4. The van der Waals surface area contributed by atoms with Gasteiger partial charge in [-0.1, -0.05) is 12.1 Å². The number of hydrogen-bond acceptors (Lipinski definition) is 4. The quantitative estimate of drug-likeness (QED) is 0.801. The Bertz CT molecular complexity index is 547. The zero-order valence-corrected chi connectivity index (χ0v) is 13.5. The number of benzene rings is 1. The van der Waals surface area contributed by atoms with E-state index in [0.29, 0.717) is 24.4 Å². The summed E-state index contributed by atoms with van der Waals surface area (Å²) in [6.07, 6.45) is -0.540. The van der Waals surface area contributed by atoms with Crippen molar-refractivity contribution >= 4 is 11.7 Å². The Morgan fingerprint density at radius 2 is 1.91 bits per heavy atom. The summed E-state index contributed by atoms with van der Waals surface area (Å²) in [6.45, 7) is 8.29.